The first kappa shape index (κ1) is 128. The number of carbonyl (C=O) groups is 5. The Hall–Kier alpha value is -4.73. The summed E-state index contributed by atoms with van der Waals surface area (Å²) in [6, 6.07) is -7.07. The monoisotopic (exact) mass is 2140 g/mol. The Bertz CT molecular complexity index is 3790. The minimum Gasteiger partial charge on any atom is -0.477 e. The van der Waals surface area contributed by atoms with Crippen LogP contribution in [0.4, 0.5) is 0 Å². The number of rotatable bonds is 66. The third-order valence-electron chi connectivity index (χ3n) is 28.4. The van der Waals surface area contributed by atoms with Crippen molar-refractivity contribution in [2.45, 2.75) is 517 Å². The SMILES string of the molecule is CCCCCCCC/C=C\CCCCCCCCCCCCCC(=O)N[C@@H](CO[C@@H]1OC(CO)[C@@H](O[C@@H]2OC(CO[C@@H]3OC(CO)[C@@H](O[C@@H]4OC(CO)[C@H](O)[C@H](O)C4O)[C@H](O)C3NC(C)=O)[C@H](O)[C@H](O[C@@H]3OC(CO)[C@@H](O[C@H]4OC(C)[C@@H](O)C(O)[C@@H]4O)[C@H](O[C@@H]4OC(CO)[C@H](O)[C@H](O[C@]5(C(=O)O)CC(O)[C@@H](NC(C)=O)C([C@H](O)[C@H](O)CO)O5)C4O)C3NC(C)=O)C2O)[C@H](O)C1O)[C@H](O)/C=C/CCCCCCCCCCCCC. The number of unbranched alkanes of at least 4 members (excludes halogenated alkanes) is 28. The van der Waals surface area contributed by atoms with Crippen LogP contribution in [-0.4, -0.2) is 468 Å². The third-order valence-corrected chi connectivity index (χ3v) is 28.4. The third kappa shape index (κ3) is 37.5. The molecule has 0 aromatic rings. The number of aliphatic carboxylic acids is 1. The van der Waals surface area contributed by atoms with Gasteiger partial charge in [-0.3, -0.25) is 19.2 Å². The highest BCUT2D eigenvalue weighted by Gasteiger charge is 2.64. The smallest absolute Gasteiger partial charge is 0.364 e. The van der Waals surface area contributed by atoms with Crippen molar-refractivity contribution in [2.75, 3.05) is 52.9 Å². The highest BCUT2D eigenvalue weighted by atomic mass is 16.8. The predicted octanol–water partition coefficient (Wildman–Crippen LogP) is -4.28. The lowest BCUT2D eigenvalue weighted by molar-refractivity contribution is -0.400. The van der Waals surface area contributed by atoms with Gasteiger partial charge in [-0.15, -0.1) is 0 Å². The van der Waals surface area contributed by atoms with Crippen LogP contribution in [0.2, 0.25) is 0 Å². The average Bonchev–Trinajstić information content (AvgIpc) is 0.750. The van der Waals surface area contributed by atoms with E-state index in [4.69, 9.17) is 75.8 Å². The Labute approximate surface area is 863 Å². The minimum atomic E-state index is -3.39. The van der Waals surface area contributed by atoms with Gasteiger partial charge in [0.25, 0.3) is 5.79 Å². The number of hydrogen-bond donors (Lipinski definition) is 28. The summed E-state index contributed by atoms with van der Waals surface area (Å²) in [6.45, 7) is -0.250. The Morgan fingerprint density at radius 2 is 0.764 bits per heavy atom. The van der Waals surface area contributed by atoms with Crippen molar-refractivity contribution in [3.05, 3.63) is 24.3 Å². The van der Waals surface area contributed by atoms with Gasteiger partial charge in [0.1, 0.15) is 183 Å². The molecule has 43 atom stereocenters. The summed E-state index contributed by atoms with van der Waals surface area (Å²) in [5.41, 5.74) is 0. The maximum absolute atomic E-state index is 14.0. The molecule has 49 nitrogen and oxygen atoms in total. The Kier molecular flexibility index (Phi) is 57.3. The predicted molar refractivity (Wildman–Crippen MR) is 514 cm³/mol. The van der Waals surface area contributed by atoms with Gasteiger partial charge in [0.2, 0.25) is 23.6 Å². The number of hydrogen-bond acceptors (Lipinski definition) is 44. The fourth-order valence-electron chi connectivity index (χ4n) is 19.8. The number of allylic oxidation sites excluding steroid dienone is 3. The standard InChI is InChI=1S/C99H174N4O45/c1-7-9-11-13-15-17-19-21-22-23-24-25-26-27-28-30-32-34-36-38-40-42-66(116)103-56(57(113)41-39-37-35-33-31-29-20-18-16-14-12-10-8-2)50-133-93-81(128)78(125)85(63(48-108)140-93)143-96-82(129)89(74(121)65(141-96)51-134-91-68(101-54(5)111)75(122)84(62(47-107)138-91)142-95-80(127)77(124)72(119)60(45-105)136-95)146-92-69(102-55(6)112)88(86(64(49-109)139-92)144-94-79(126)76(123)70(117)52(3)135-94)145-97-83(130)90(73(120)61(46-106)137-97)148-99(98(131)132)43-58(114)67(100-53(4)110)87(147-99)71(118)59(115)44-104/h21-22,39,41,52,56-65,67-97,104-109,113-115,117-130H,7-20,23-38,40,42-51H2,1-6H3,(H,100,110)(H,101,111)(H,102,112)(H,103,116)(H,131,132)/b22-21-,41-39+/t52?,56-,57+,58?,59+,60?,61?,62?,63?,64?,65?,67+,68?,69?,70+,71+,72-,73-,74-,75+,76?,77-,78+,79-,80?,81?,82?,83?,84+,85+,86+,87?,88+,89-,90-,91+,92-,93+,94+,95-,96-,97-,99-/m0/s1. The van der Waals surface area contributed by atoms with E-state index >= 15 is 0 Å². The van der Waals surface area contributed by atoms with Gasteiger partial charge in [-0.25, -0.2) is 4.79 Å². The fraction of sp³-hybridized carbons (Fsp3) is 0.909. The zero-order valence-electron chi connectivity index (χ0n) is 85.9. The molecule has 8 heterocycles. The summed E-state index contributed by atoms with van der Waals surface area (Å²) in [4.78, 5) is 67.2. The Morgan fingerprint density at radius 3 is 1.27 bits per heavy atom. The lowest BCUT2D eigenvalue weighted by atomic mass is 9.88. The molecule has 0 bridgehead atoms. The van der Waals surface area contributed by atoms with E-state index in [1.807, 2.05) is 0 Å². The average molecular weight is 2140 g/mol. The molecule has 4 amide bonds. The first-order valence-corrected chi connectivity index (χ1v) is 53.1. The molecule has 0 aliphatic carbocycles. The number of aliphatic hydroxyl groups is 23. The van der Waals surface area contributed by atoms with Gasteiger partial charge in [-0.2, -0.15) is 0 Å². The second kappa shape index (κ2) is 66.1. The molecule has 860 valence electrons. The van der Waals surface area contributed by atoms with E-state index in [1.165, 1.54) is 116 Å². The molecule has 49 heteroatoms. The van der Waals surface area contributed by atoms with Crippen molar-refractivity contribution in [3.63, 3.8) is 0 Å². The quantitative estimate of drug-likeness (QED) is 0.0202. The van der Waals surface area contributed by atoms with E-state index in [2.05, 4.69) is 47.3 Å². The van der Waals surface area contributed by atoms with E-state index in [0.29, 0.717) is 12.8 Å². The summed E-state index contributed by atoms with van der Waals surface area (Å²) in [5.74, 6) is -8.90. The molecule has 28 N–H and O–H groups in total. The maximum Gasteiger partial charge on any atom is 0.364 e. The molecule has 0 spiro atoms. The van der Waals surface area contributed by atoms with E-state index in [1.54, 1.807) is 6.08 Å². The van der Waals surface area contributed by atoms with Crippen LogP contribution in [0, 0.1) is 0 Å². The molecular formula is C99H174N4O45. The fourth-order valence-corrected chi connectivity index (χ4v) is 19.8. The molecule has 16 unspecified atom stereocenters. The van der Waals surface area contributed by atoms with Crippen LogP contribution in [0.5, 0.6) is 0 Å². The molecular weight excluding hydrogens is 1970 g/mol. The molecule has 8 saturated heterocycles. The first-order valence-electron chi connectivity index (χ1n) is 53.1. The van der Waals surface area contributed by atoms with Crippen molar-refractivity contribution >= 4 is 29.6 Å². The van der Waals surface area contributed by atoms with Gasteiger partial charge in [-0.1, -0.05) is 192 Å². The van der Waals surface area contributed by atoms with Crippen molar-refractivity contribution < 1.29 is 222 Å². The van der Waals surface area contributed by atoms with Gasteiger partial charge in [0, 0.05) is 33.6 Å². The molecule has 0 aromatic heterocycles. The topological polar surface area (TPSA) is 767 Å². The zero-order chi connectivity index (χ0) is 109. The van der Waals surface area contributed by atoms with Gasteiger partial charge in [0.15, 0.2) is 44.0 Å². The van der Waals surface area contributed by atoms with Crippen LogP contribution in [0.1, 0.15) is 253 Å². The van der Waals surface area contributed by atoms with Crippen LogP contribution in [0.3, 0.4) is 0 Å². The zero-order valence-corrected chi connectivity index (χ0v) is 85.9. The Balaban J connectivity index is 1.08. The number of ether oxygens (including phenoxy) is 16. The Morgan fingerprint density at radius 1 is 0.372 bits per heavy atom. The number of nitrogens with one attached hydrogen (secondary N) is 4. The molecule has 8 aliphatic rings. The number of amides is 4. The summed E-state index contributed by atoms with van der Waals surface area (Å²) in [6.07, 6.45) is -40.2. The number of carboxylic acid groups (broad SMARTS) is 1. The summed E-state index contributed by atoms with van der Waals surface area (Å²) < 4.78 is 97.7. The number of carboxylic acids is 1. The second-order valence-electron chi connectivity index (χ2n) is 40.2. The first-order chi connectivity index (χ1) is 70.8. The molecule has 0 saturated carbocycles. The molecule has 8 rings (SSSR count). The van der Waals surface area contributed by atoms with Crippen molar-refractivity contribution in [1.29, 1.82) is 0 Å². The largest absolute Gasteiger partial charge is 0.477 e. The van der Waals surface area contributed by atoms with Crippen LogP contribution < -0.4 is 21.3 Å². The number of carbonyl (C=O) groups excluding carboxylic acids is 4. The van der Waals surface area contributed by atoms with Crippen LogP contribution in [0.15, 0.2) is 24.3 Å². The summed E-state index contributed by atoms with van der Waals surface area (Å²) in [7, 11) is 0. The normalized spacial score (nSPS) is 37.8. The molecule has 148 heavy (non-hydrogen) atoms. The van der Waals surface area contributed by atoms with Crippen LogP contribution in [-0.2, 0) is 99.8 Å². The minimum absolute atomic E-state index is 0.0763. The highest BCUT2D eigenvalue weighted by molar-refractivity contribution is 5.77. The van der Waals surface area contributed by atoms with Crippen LogP contribution >= 0.6 is 0 Å². The number of aliphatic hydroxyl groups excluding tert-OH is 23. The molecule has 0 radical (unpaired) electrons. The molecule has 8 aliphatic heterocycles. The van der Waals surface area contributed by atoms with Crippen LogP contribution in [0.25, 0.3) is 0 Å². The lowest BCUT2D eigenvalue weighted by Crippen LogP contribution is -2.72. The summed E-state index contributed by atoms with van der Waals surface area (Å²) >= 11 is 0. The second-order valence-corrected chi connectivity index (χ2v) is 40.2. The molecule has 8 fully saturated rings. The van der Waals surface area contributed by atoms with Crippen molar-refractivity contribution in [1.82, 2.24) is 21.3 Å². The maximum atomic E-state index is 14.0. The van der Waals surface area contributed by atoms with Crippen molar-refractivity contribution in [3.8, 4) is 0 Å². The summed E-state index contributed by atoms with van der Waals surface area (Å²) in [5, 5.41) is 284. The van der Waals surface area contributed by atoms with Gasteiger partial charge in [-0.05, 0) is 51.9 Å². The van der Waals surface area contributed by atoms with Gasteiger partial charge in [0.05, 0.1) is 83.3 Å². The molecule has 0 aromatic carbocycles. The highest BCUT2D eigenvalue weighted by Crippen LogP contribution is 2.43. The van der Waals surface area contributed by atoms with E-state index in [9.17, 15) is 147 Å². The van der Waals surface area contributed by atoms with Crippen molar-refractivity contribution in [2.24, 2.45) is 0 Å². The van der Waals surface area contributed by atoms with E-state index in [0.717, 1.165) is 104 Å². The lowest BCUT2D eigenvalue weighted by Gasteiger charge is -2.52. The van der Waals surface area contributed by atoms with E-state index in [-0.39, 0.29) is 6.42 Å². The van der Waals surface area contributed by atoms with Gasteiger partial charge >= 0.3 is 5.97 Å². The van der Waals surface area contributed by atoms with Gasteiger partial charge < -0.3 is 220 Å². The van der Waals surface area contributed by atoms with E-state index < -0.39 is 352 Å².